The van der Waals surface area contributed by atoms with Crippen LogP contribution in [-0.4, -0.2) is 78.3 Å². The first-order chi connectivity index (χ1) is 12.7. The summed E-state index contributed by atoms with van der Waals surface area (Å²) >= 11 is 0. The van der Waals surface area contributed by atoms with E-state index in [-0.39, 0.29) is 23.1 Å². The van der Waals surface area contributed by atoms with Gasteiger partial charge in [-0.1, -0.05) is 13.8 Å². The molecule has 8 nitrogen and oxygen atoms in total. The predicted molar refractivity (Wildman–Crippen MR) is 102 cm³/mol. The molecule has 1 saturated heterocycles. The van der Waals surface area contributed by atoms with Crippen LogP contribution in [0.15, 0.2) is 6.07 Å². The van der Waals surface area contributed by atoms with Crippen LogP contribution in [0.5, 0.6) is 5.88 Å². The number of fused-ring (bicyclic) bond motifs is 1. The Kier molecular flexibility index (Phi) is 5.74. The SMILES string of the molecule is CN(C)CC(C)(C)CNC(=O)C1CCN(C(=O)c2cc3n(n2)CCO3)CC1. The van der Waals surface area contributed by atoms with Gasteiger partial charge in [-0.3, -0.25) is 9.59 Å². The molecule has 2 aliphatic heterocycles. The van der Waals surface area contributed by atoms with Crippen molar-refractivity contribution in [2.45, 2.75) is 33.2 Å². The minimum atomic E-state index is -0.0773. The molecule has 0 radical (unpaired) electrons. The molecule has 1 aromatic heterocycles. The third-order valence-corrected chi connectivity index (χ3v) is 5.15. The number of piperidine rings is 1. The molecule has 0 spiro atoms. The number of nitrogens with one attached hydrogen (secondary N) is 1. The third kappa shape index (κ3) is 4.80. The van der Waals surface area contributed by atoms with Gasteiger partial charge < -0.3 is 19.9 Å². The van der Waals surface area contributed by atoms with E-state index in [0.29, 0.717) is 57.2 Å². The standard InChI is InChI=1S/C19H31N5O3/c1-19(2,13-22(3)4)12-20-17(25)14-5-7-23(8-6-14)18(26)15-11-16-24(21-15)9-10-27-16/h11,14H,5-10,12-13H2,1-4H3,(H,20,25). The van der Waals surface area contributed by atoms with Crippen molar-refractivity contribution in [3.05, 3.63) is 11.8 Å². The number of carbonyl (C=O) groups excluding carboxylic acids is 2. The zero-order chi connectivity index (χ0) is 19.6. The normalized spacial score (nSPS) is 17.7. The van der Waals surface area contributed by atoms with Crippen molar-refractivity contribution in [1.82, 2.24) is 24.9 Å². The van der Waals surface area contributed by atoms with E-state index in [0.717, 1.165) is 6.54 Å². The average molecular weight is 377 g/mol. The molecule has 150 valence electrons. The van der Waals surface area contributed by atoms with Crippen molar-refractivity contribution in [3.63, 3.8) is 0 Å². The highest BCUT2D eigenvalue weighted by Crippen LogP contribution is 2.23. The van der Waals surface area contributed by atoms with Crippen LogP contribution in [0, 0.1) is 11.3 Å². The smallest absolute Gasteiger partial charge is 0.274 e. The van der Waals surface area contributed by atoms with Gasteiger partial charge in [0.15, 0.2) is 5.69 Å². The molecule has 0 unspecified atom stereocenters. The summed E-state index contributed by atoms with van der Waals surface area (Å²) in [6.45, 7) is 8.35. The molecule has 2 amide bonds. The van der Waals surface area contributed by atoms with Crippen LogP contribution < -0.4 is 10.1 Å². The molecule has 8 heteroatoms. The second kappa shape index (κ2) is 7.88. The highest BCUT2D eigenvalue weighted by molar-refractivity contribution is 5.93. The van der Waals surface area contributed by atoms with Gasteiger partial charge in [-0.15, -0.1) is 0 Å². The Balaban J connectivity index is 1.46. The maximum Gasteiger partial charge on any atom is 0.274 e. The van der Waals surface area contributed by atoms with E-state index in [1.165, 1.54) is 0 Å². The monoisotopic (exact) mass is 377 g/mol. The van der Waals surface area contributed by atoms with Gasteiger partial charge in [-0.2, -0.15) is 5.10 Å². The van der Waals surface area contributed by atoms with Gasteiger partial charge in [0.1, 0.15) is 6.61 Å². The van der Waals surface area contributed by atoms with Gasteiger partial charge in [0, 0.05) is 38.2 Å². The number of amides is 2. The van der Waals surface area contributed by atoms with Gasteiger partial charge in [0.05, 0.1) is 6.54 Å². The van der Waals surface area contributed by atoms with Crippen molar-refractivity contribution in [2.75, 3.05) is 46.9 Å². The lowest BCUT2D eigenvalue weighted by molar-refractivity contribution is -0.126. The van der Waals surface area contributed by atoms with E-state index < -0.39 is 0 Å². The summed E-state index contributed by atoms with van der Waals surface area (Å²) in [6, 6.07) is 1.71. The molecule has 27 heavy (non-hydrogen) atoms. The fourth-order valence-electron chi connectivity index (χ4n) is 3.91. The Morgan fingerprint density at radius 3 is 2.63 bits per heavy atom. The quantitative estimate of drug-likeness (QED) is 0.794. The molecule has 0 aromatic carbocycles. The van der Waals surface area contributed by atoms with Crippen molar-refractivity contribution in [3.8, 4) is 5.88 Å². The molecule has 0 saturated carbocycles. The van der Waals surface area contributed by atoms with Crippen LogP contribution in [0.1, 0.15) is 37.2 Å². The lowest BCUT2D eigenvalue weighted by Gasteiger charge is -2.32. The summed E-state index contributed by atoms with van der Waals surface area (Å²) in [5.74, 6) is 0.655. The fraction of sp³-hybridized carbons (Fsp3) is 0.737. The van der Waals surface area contributed by atoms with Crippen LogP contribution >= 0.6 is 0 Å². The van der Waals surface area contributed by atoms with Crippen LogP contribution in [0.25, 0.3) is 0 Å². The lowest BCUT2D eigenvalue weighted by atomic mass is 9.91. The Hall–Kier alpha value is -2.09. The largest absolute Gasteiger partial charge is 0.476 e. The molecule has 3 heterocycles. The van der Waals surface area contributed by atoms with Gasteiger partial charge in [-0.25, -0.2) is 4.68 Å². The number of likely N-dealkylation sites (tertiary alicyclic amines) is 1. The summed E-state index contributed by atoms with van der Waals surface area (Å²) in [5.41, 5.74) is 0.456. The van der Waals surface area contributed by atoms with Crippen LogP contribution in [0.2, 0.25) is 0 Å². The molecular weight excluding hydrogens is 346 g/mol. The second-order valence-electron chi connectivity index (χ2n) is 8.63. The van der Waals surface area contributed by atoms with E-state index in [2.05, 4.69) is 29.2 Å². The summed E-state index contributed by atoms with van der Waals surface area (Å²) in [7, 11) is 4.08. The molecule has 1 fully saturated rings. The maximum absolute atomic E-state index is 12.6. The zero-order valence-corrected chi connectivity index (χ0v) is 16.8. The topological polar surface area (TPSA) is 79.7 Å². The zero-order valence-electron chi connectivity index (χ0n) is 16.8. The number of hydrogen-bond acceptors (Lipinski definition) is 5. The number of carbonyl (C=O) groups is 2. The summed E-state index contributed by atoms with van der Waals surface area (Å²) in [4.78, 5) is 29.1. The first-order valence-corrected chi connectivity index (χ1v) is 9.67. The van der Waals surface area contributed by atoms with Gasteiger partial charge in [0.2, 0.25) is 11.8 Å². The van der Waals surface area contributed by atoms with E-state index >= 15 is 0 Å². The molecule has 1 aromatic rings. The molecular formula is C19H31N5O3. The van der Waals surface area contributed by atoms with Crippen molar-refractivity contribution < 1.29 is 14.3 Å². The predicted octanol–water partition coefficient (Wildman–Crippen LogP) is 0.832. The van der Waals surface area contributed by atoms with Gasteiger partial charge in [-0.05, 0) is 32.4 Å². The number of hydrogen-bond donors (Lipinski definition) is 1. The van der Waals surface area contributed by atoms with E-state index in [1.54, 1.807) is 15.6 Å². The minimum absolute atomic E-state index is 0.0272. The van der Waals surface area contributed by atoms with Crippen molar-refractivity contribution in [2.24, 2.45) is 11.3 Å². The Morgan fingerprint density at radius 1 is 1.30 bits per heavy atom. The van der Waals surface area contributed by atoms with Crippen LogP contribution in [0.4, 0.5) is 0 Å². The Bertz CT molecular complexity index is 668. The molecule has 3 rings (SSSR count). The number of ether oxygens (including phenoxy) is 1. The fourth-order valence-corrected chi connectivity index (χ4v) is 3.91. The summed E-state index contributed by atoms with van der Waals surface area (Å²) in [5, 5.41) is 7.42. The Labute approximate surface area is 160 Å². The van der Waals surface area contributed by atoms with Gasteiger partial charge in [0.25, 0.3) is 5.91 Å². The molecule has 0 aliphatic carbocycles. The molecule has 0 bridgehead atoms. The van der Waals surface area contributed by atoms with Crippen LogP contribution in [0.3, 0.4) is 0 Å². The lowest BCUT2D eigenvalue weighted by Crippen LogP contribution is -2.46. The highest BCUT2D eigenvalue weighted by Gasteiger charge is 2.30. The summed E-state index contributed by atoms with van der Waals surface area (Å²) < 4.78 is 7.14. The minimum Gasteiger partial charge on any atom is -0.476 e. The van der Waals surface area contributed by atoms with E-state index in [1.807, 2.05) is 14.1 Å². The highest BCUT2D eigenvalue weighted by atomic mass is 16.5. The first kappa shape index (κ1) is 19.7. The van der Waals surface area contributed by atoms with E-state index in [9.17, 15) is 9.59 Å². The first-order valence-electron chi connectivity index (χ1n) is 9.67. The molecule has 2 aliphatic rings. The second-order valence-corrected chi connectivity index (χ2v) is 8.63. The van der Waals surface area contributed by atoms with Crippen LogP contribution in [-0.2, 0) is 11.3 Å². The molecule has 0 atom stereocenters. The number of aromatic nitrogens is 2. The summed E-state index contributed by atoms with van der Waals surface area (Å²) in [6.07, 6.45) is 1.38. The Morgan fingerprint density at radius 2 is 2.00 bits per heavy atom. The molecule has 1 N–H and O–H groups in total. The average Bonchev–Trinajstić information content (AvgIpc) is 3.20. The third-order valence-electron chi connectivity index (χ3n) is 5.15. The van der Waals surface area contributed by atoms with Gasteiger partial charge >= 0.3 is 0 Å². The number of rotatable bonds is 6. The van der Waals surface area contributed by atoms with Crippen molar-refractivity contribution in [1.29, 1.82) is 0 Å². The van der Waals surface area contributed by atoms with Crippen molar-refractivity contribution >= 4 is 11.8 Å². The number of nitrogens with zero attached hydrogens (tertiary/aromatic N) is 4. The maximum atomic E-state index is 12.6. The van der Waals surface area contributed by atoms with E-state index in [4.69, 9.17) is 4.74 Å².